The molecule has 3 amide bonds. The molecule has 0 radical (unpaired) electrons. The quantitative estimate of drug-likeness (QED) is 0.769. The summed E-state index contributed by atoms with van der Waals surface area (Å²) in [6, 6.07) is 6.03. The van der Waals surface area contributed by atoms with Crippen LogP contribution in [0.1, 0.15) is 40.0 Å². The van der Waals surface area contributed by atoms with Gasteiger partial charge in [0.05, 0.1) is 17.5 Å². The van der Waals surface area contributed by atoms with Gasteiger partial charge in [0.15, 0.2) is 0 Å². The molecule has 2 aliphatic heterocycles. The summed E-state index contributed by atoms with van der Waals surface area (Å²) in [5.74, 6) is -2.03. The summed E-state index contributed by atoms with van der Waals surface area (Å²) < 4.78 is 0. The number of rotatable bonds is 3. The van der Waals surface area contributed by atoms with Crippen molar-refractivity contribution in [3.05, 3.63) is 35.4 Å². The van der Waals surface area contributed by atoms with E-state index in [0.29, 0.717) is 17.9 Å². The minimum atomic E-state index is -0.707. The van der Waals surface area contributed by atoms with Crippen LogP contribution in [0.2, 0.25) is 0 Å². The third-order valence-electron chi connectivity index (χ3n) is 3.98. The number of likely N-dealkylation sites (tertiary alicyclic amines) is 1. The van der Waals surface area contributed by atoms with Crippen LogP contribution < -0.4 is 0 Å². The van der Waals surface area contributed by atoms with Crippen molar-refractivity contribution < 1.29 is 24.0 Å². The van der Waals surface area contributed by atoms with E-state index in [0.717, 1.165) is 0 Å². The van der Waals surface area contributed by atoms with E-state index in [9.17, 15) is 19.2 Å². The predicted molar refractivity (Wildman–Crippen MR) is 73.4 cm³/mol. The molecule has 0 spiro atoms. The lowest BCUT2D eigenvalue weighted by molar-refractivity contribution is -0.169. The van der Waals surface area contributed by atoms with E-state index in [1.165, 1.54) is 17.0 Å². The van der Waals surface area contributed by atoms with Crippen LogP contribution in [0.5, 0.6) is 0 Å². The van der Waals surface area contributed by atoms with Gasteiger partial charge in [-0.2, -0.15) is 0 Å². The van der Waals surface area contributed by atoms with Crippen molar-refractivity contribution in [3.63, 3.8) is 0 Å². The van der Waals surface area contributed by atoms with Gasteiger partial charge in [0.25, 0.3) is 11.8 Å². The Bertz CT molecular complexity index is 649. The highest BCUT2D eigenvalue weighted by atomic mass is 16.7. The number of imide groups is 1. The number of carbonyl (C=O) groups excluding carboxylic acids is 4. The molecule has 2 heterocycles. The molecule has 1 atom stereocenters. The van der Waals surface area contributed by atoms with Gasteiger partial charge in [-0.15, -0.1) is 0 Å². The Morgan fingerprint density at radius 2 is 1.77 bits per heavy atom. The molecule has 0 saturated carbocycles. The average molecular weight is 302 g/mol. The van der Waals surface area contributed by atoms with Crippen LogP contribution in [0.4, 0.5) is 0 Å². The Labute approximate surface area is 126 Å². The van der Waals surface area contributed by atoms with Crippen LogP contribution in [-0.4, -0.2) is 46.7 Å². The van der Waals surface area contributed by atoms with Gasteiger partial charge in [0, 0.05) is 19.5 Å². The number of carbonyl (C=O) groups is 4. The molecular weight excluding hydrogens is 288 g/mol. The zero-order valence-corrected chi connectivity index (χ0v) is 11.9. The molecule has 3 rings (SSSR count). The van der Waals surface area contributed by atoms with Crippen molar-refractivity contribution in [2.45, 2.75) is 25.3 Å². The van der Waals surface area contributed by atoms with Crippen LogP contribution in [0.3, 0.4) is 0 Å². The fourth-order valence-corrected chi connectivity index (χ4v) is 2.68. The SMILES string of the molecule is CN1C(=O)CCC1CC(=O)ON1C(=O)c2ccccc2C1=O. The third-order valence-corrected chi connectivity index (χ3v) is 3.98. The number of benzene rings is 1. The van der Waals surface area contributed by atoms with Crippen molar-refractivity contribution in [1.82, 2.24) is 9.96 Å². The first-order valence-electron chi connectivity index (χ1n) is 6.93. The van der Waals surface area contributed by atoms with Gasteiger partial charge < -0.3 is 9.74 Å². The molecule has 1 unspecified atom stereocenters. The van der Waals surface area contributed by atoms with Gasteiger partial charge in [-0.1, -0.05) is 17.2 Å². The molecule has 7 heteroatoms. The van der Waals surface area contributed by atoms with E-state index in [-0.39, 0.29) is 29.5 Å². The van der Waals surface area contributed by atoms with Gasteiger partial charge in [-0.25, -0.2) is 4.79 Å². The molecule has 1 aromatic carbocycles. The molecule has 2 aliphatic rings. The molecule has 0 bridgehead atoms. The lowest BCUT2D eigenvalue weighted by Crippen LogP contribution is -2.36. The molecule has 0 aromatic heterocycles. The smallest absolute Gasteiger partial charge is 0.335 e. The molecule has 22 heavy (non-hydrogen) atoms. The van der Waals surface area contributed by atoms with Gasteiger partial charge in [0.2, 0.25) is 5.91 Å². The Hall–Kier alpha value is -2.70. The van der Waals surface area contributed by atoms with E-state index in [1.54, 1.807) is 19.2 Å². The normalized spacial score (nSPS) is 20.6. The molecule has 0 N–H and O–H groups in total. The third kappa shape index (κ3) is 2.24. The minimum Gasteiger partial charge on any atom is -0.342 e. The number of hydrogen-bond donors (Lipinski definition) is 0. The molecule has 0 aliphatic carbocycles. The molecule has 1 saturated heterocycles. The first kappa shape index (κ1) is 14.2. The lowest BCUT2D eigenvalue weighted by atomic mass is 10.1. The van der Waals surface area contributed by atoms with Crippen molar-refractivity contribution in [2.24, 2.45) is 0 Å². The van der Waals surface area contributed by atoms with Crippen LogP contribution in [-0.2, 0) is 14.4 Å². The molecule has 114 valence electrons. The van der Waals surface area contributed by atoms with Crippen molar-refractivity contribution >= 4 is 23.7 Å². The first-order valence-corrected chi connectivity index (χ1v) is 6.93. The monoisotopic (exact) mass is 302 g/mol. The zero-order chi connectivity index (χ0) is 15.9. The Kier molecular flexibility index (Phi) is 3.40. The molecule has 1 aromatic rings. The maximum Gasteiger partial charge on any atom is 0.335 e. The van der Waals surface area contributed by atoms with Crippen LogP contribution in [0, 0.1) is 0 Å². The number of hydroxylamine groups is 2. The maximum atomic E-state index is 12.1. The van der Waals surface area contributed by atoms with Crippen LogP contribution in [0.25, 0.3) is 0 Å². The average Bonchev–Trinajstić information content (AvgIpc) is 2.94. The van der Waals surface area contributed by atoms with E-state index in [2.05, 4.69) is 0 Å². The van der Waals surface area contributed by atoms with E-state index >= 15 is 0 Å². The number of fused-ring (bicyclic) bond motifs is 1. The second-order valence-corrected chi connectivity index (χ2v) is 5.31. The summed E-state index contributed by atoms with van der Waals surface area (Å²) in [7, 11) is 1.62. The topological polar surface area (TPSA) is 84.0 Å². The highest BCUT2D eigenvalue weighted by Crippen LogP contribution is 2.24. The minimum absolute atomic E-state index is 0.0291. The summed E-state index contributed by atoms with van der Waals surface area (Å²) in [6.07, 6.45) is 0.906. The molecular formula is C15H14N2O5. The van der Waals surface area contributed by atoms with Crippen LogP contribution >= 0.6 is 0 Å². The van der Waals surface area contributed by atoms with Gasteiger partial charge in [-0.3, -0.25) is 14.4 Å². The number of nitrogens with zero attached hydrogens (tertiary/aromatic N) is 2. The van der Waals surface area contributed by atoms with Gasteiger partial charge in [-0.05, 0) is 18.6 Å². The maximum absolute atomic E-state index is 12.1. The van der Waals surface area contributed by atoms with Gasteiger partial charge in [0.1, 0.15) is 0 Å². The van der Waals surface area contributed by atoms with E-state index in [4.69, 9.17) is 4.84 Å². The van der Waals surface area contributed by atoms with Crippen molar-refractivity contribution in [1.29, 1.82) is 0 Å². The molecule has 7 nitrogen and oxygen atoms in total. The lowest BCUT2D eigenvalue weighted by Gasteiger charge is -2.20. The number of amides is 3. The fraction of sp³-hybridized carbons (Fsp3) is 0.333. The van der Waals surface area contributed by atoms with E-state index in [1.807, 2.05) is 0 Å². The number of hydrogen-bond acceptors (Lipinski definition) is 5. The summed E-state index contributed by atoms with van der Waals surface area (Å²) in [4.78, 5) is 53.9. The molecule has 1 fully saturated rings. The Morgan fingerprint density at radius 3 is 2.27 bits per heavy atom. The van der Waals surface area contributed by atoms with Crippen LogP contribution in [0.15, 0.2) is 24.3 Å². The predicted octanol–water partition coefficient (Wildman–Crippen LogP) is 0.752. The first-order chi connectivity index (χ1) is 10.5. The highest BCUT2D eigenvalue weighted by Gasteiger charge is 2.39. The summed E-state index contributed by atoms with van der Waals surface area (Å²) in [5, 5.41) is 0.490. The largest absolute Gasteiger partial charge is 0.342 e. The van der Waals surface area contributed by atoms with Gasteiger partial charge >= 0.3 is 5.97 Å². The standard InChI is InChI=1S/C15H14N2O5/c1-16-9(6-7-12(16)18)8-13(19)22-17-14(20)10-4-2-3-5-11(10)15(17)21/h2-5,9H,6-8H2,1H3. The zero-order valence-electron chi connectivity index (χ0n) is 11.9. The second kappa shape index (κ2) is 5.25. The summed E-state index contributed by atoms with van der Waals surface area (Å²) >= 11 is 0. The summed E-state index contributed by atoms with van der Waals surface area (Å²) in [6.45, 7) is 0. The summed E-state index contributed by atoms with van der Waals surface area (Å²) in [5.41, 5.74) is 0.432. The van der Waals surface area contributed by atoms with E-state index < -0.39 is 17.8 Å². The fourth-order valence-electron chi connectivity index (χ4n) is 2.68. The second-order valence-electron chi connectivity index (χ2n) is 5.31. The van der Waals surface area contributed by atoms with Crippen molar-refractivity contribution in [2.75, 3.05) is 7.05 Å². The Balaban J connectivity index is 1.67. The van der Waals surface area contributed by atoms with Crippen molar-refractivity contribution in [3.8, 4) is 0 Å². The highest BCUT2D eigenvalue weighted by molar-refractivity contribution is 6.20. The Morgan fingerprint density at radius 1 is 1.18 bits per heavy atom.